The van der Waals surface area contributed by atoms with Crippen LogP contribution < -0.4 is 0 Å². The summed E-state index contributed by atoms with van der Waals surface area (Å²) < 4.78 is 21.9. The summed E-state index contributed by atoms with van der Waals surface area (Å²) in [6.45, 7) is 4.30. The monoisotopic (exact) mass is 212 g/mol. The van der Waals surface area contributed by atoms with Crippen molar-refractivity contribution in [2.45, 2.75) is 31.8 Å². The summed E-state index contributed by atoms with van der Waals surface area (Å²) in [6, 6.07) is 3.71. The van der Waals surface area contributed by atoms with Crippen molar-refractivity contribution in [1.82, 2.24) is 0 Å². The average molecular weight is 212 g/mol. The predicted molar refractivity (Wildman–Crippen MR) is 53.4 cm³/mol. The van der Waals surface area contributed by atoms with E-state index >= 15 is 0 Å². The van der Waals surface area contributed by atoms with Crippen molar-refractivity contribution in [3.63, 3.8) is 0 Å². The summed E-state index contributed by atoms with van der Waals surface area (Å²) in [6.07, 6.45) is 1.31. The molecule has 1 aromatic rings. The highest BCUT2D eigenvalue weighted by atomic mass is 16.7. The maximum Gasteiger partial charge on any atom is 0.163 e. The van der Waals surface area contributed by atoms with E-state index in [1.165, 1.54) is 0 Å². The Morgan fingerprint density at radius 1 is 1.53 bits per heavy atom. The molecule has 84 valence electrons. The van der Waals surface area contributed by atoms with Crippen LogP contribution in [-0.4, -0.2) is 25.6 Å². The van der Waals surface area contributed by atoms with E-state index in [4.69, 9.17) is 18.6 Å². The highest BCUT2D eigenvalue weighted by Crippen LogP contribution is 2.32. The van der Waals surface area contributed by atoms with Gasteiger partial charge in [0.15, 0.2) is 5.79 Å². The number of methoxy groups -OCH3 is 1. The summed E-state index contributed by atoms with van der Waals surface area (Å²) in [5.74, 6) is 0.234. The van der Waals surface area contributed by atoms with Crippen LogP contribution >= 0.6 is 0 Å². The Labute approximate surface area is 89.1 Å². The molecule has 0 bridgehead atoms. The van der Waals surface area contributed by atoms with Gasteiger partial charge in [-0.1, -0.05) is 0 Å². The van der Waals surface area contributed by atoms with Crippen LogP contribution in [0.1, 0.15) is 25.7 Å². The molecule has 2 heterocycles. The Morgan fingerprint density at radius 3 is 2.80 bits per heavy atom. The quantitative estimate of drug-likeness (QED) is 0.769. The molecule has 1 aromatic heterocycles. The zero-order valence-corrected chi connectivity index (χ0v) is 9.23. The first-order valence-corrected chi connectivity index (χ1v) is 5.00. The van der Waals surface area contributed by atoms with Crippen molar-refractivity contribution < 1.29 is 18.6 Å². The van der Waals surface area contributed by atoms with E-state index in [0.29, 0.717) is 6.61 Å². The third-order valence-electron chi connectivity index (χ3n) is 2.45. The first kappa shape index (κ1) is 10.7. The Hall–Kier alpha value is -0.840. The van der Waals surface area contributed by atoms with Gasteiger partial charge in [0, 0.05) is 7.11 Å². The number of rotatable bonds is 3. The molecule has 0 unspecified atom stereocenters. The largest absolute Gasteiger partial charge is 0.466 e. The van der Waals surface area contributed by atoms with Crippen LogP contribution in [0.2, 0.25) is 0 Å². The third-order valence-corrected chi connectivity index (χ3v) is 2.45. The van der Waals surface area contributed by atoms with Crippen molar-refractivity contribution in [3.8, 4) is 0 Å². The van der Waals surface area contributed by atoms with Gasteiger partial charge in [0.25, 0.3) is 0 Å². The molecule has 0 aliphatic carbocycles. The lowest BCUT2D eigenvalue weighted by molar-refractivity contribution is -0.156. The first-order chi connectivity index (χ1) is 7.12. The van der Waals surface area contributed by atoms with Crippen LogP contribution in [-0.2, 0) is 14.2 Å². The van der Waals surface area contributed by atoms with E-state index in [2.05, 4.69) is 0 Å². The fourth-order valence-electron chi connectivity index (χ4n) is 1.77. The van der Waals surface area contributed by atoms with Crippen LogP contribution in [0, 0.1) is 0 Å². The van der Waals surface area contributed by atoms with Gasteiger partial charge >= 0.3 is 0 Å². The zero-order valence-electron chi connectivity index (χ0n) is 9.23. The number of ether oxygens (including phenoxy) is 3. The second-order valence-electron chi connectivity index (χ2n) is 4.04. The lowest BCUT2D eigenvalue weighted by atomic mass is 10.1. The van der Waals surface area contributed by atoms with Crippen LogP contribution in [0.3, 0.4) is 0 Å². The summed E-state index contributed by atoms with van der Waals surface area (Å²) in [5, 5.41) is 0. The molecule has 4 heteroatoms. The number of hydrogen-bond acceptors (Lipinski definition) is 4. The molecule has 1 aliphatic rings. The van der Waals surface area contributed by atoms with E-state index in [0.717, 1.165) is 5.76 Å². The van der Waals surface area contributed by atoms with E-state index in [1.54, 1.807) is 13.4 Å². The molecule has 0 saturated carbocycles. The van der Waals surface area contributed by atoms with Crippen molar-refractivity contribution in [2.75, 3.05) is 13.7 Å². The molecule has 0 N–H and O–H groups in total. The minimum Gasteiger partial charge on any atom is -0.466 e. The molecule has 2 rings (SSSR count). The molecule has 0 radical (unpaired) electrons. The number of furan rings is 1. The van der Waals surface area contributed by atoms with Gasteiger partial charge in [0.1, 0.15) is 18.0 Å². The van der Waals surface area contributed by atoms with Gasteiger partial charge in [0.05, 0.1) is 12.9 Å². The molecule has 1 aliphatic heterocycles. The van der Waals surface area contributed by atoms with Crippen molar-refractivity contribution in [1.29, 1.82) is 0 Å². The van der Waals surface area contributed by atoms with E-state index < -0.39 is 5.79 Å². The smallest absolute Gasteiger partial charge is 0.163 e. The van der Waals surface area contributed by atoms with E-state index in [9.17, 15) is 0 Å². The molecule has 0 spiro atoms. The van der Waals surface area contributed by atoms with Crippen molar-refractivity contribution >= 4 is 0 Å². The van der Waals surface area contributed by atoms with Crippen LogP contribution in [0.25, 0.3) is 0 Å². The minimum atomic E-state index is -0.534. The molecule has 1 fully saturated rings. The second-order valence-corrected chi connectivity index (χ2v) is 4.04. The Kier molecular flexibility index (Phi) is 2.82. The molecule has 4 nitrogen and oxygen atoms in total. The molecule has 0 amide bonds. The molecular weight excluding hydrogens is 196 g/mol. The highest BCUT2D eigenvalue weighted by molar-refractivity contribution is 5.05. The molecule has 15 heavy (non-hydrogen) atoms. The van der Waals surface area contributed by atoms with E-state index in [1.807, 2.05) is 26.0 Å². The molecule has 1 saturated heterocycles. The molecule has 0 aromatic carbocycles. The first-order valence-electron chi connectivity index (χ1n) is 5.00. The van der Waals surface area contributed by atoms with Gasteiger partial charge in [0.2, 0.25) is 0 Å². The normalized spacial score (nSPS) is 26.7. The average Bonchev–Trinajstić information content (AvgIpc) is 2.77. The van der Waals surface area contributed by atoms with Crippen molar-refractivity contribution in [3.05, 3.63) is 24.2 Å². The fourth-order valence-corrected chi connectivity index (χ4v) is 1.77. The molecular formula is C11H16O4. The van der Waals surface area contributed by atoms with Crippen LogP contribution in [0.4, 0.5) is 0 Å². The lowest BCUT2D eigenvalue weighted by Gasteiger charge is -2.21. The van der Waals surface area contributed by atoms with Gasteiger partial charge in [-0.25, -0.2) is 0 Å². The van der Waals surface area contributed by atoms with Gasteiger partial charge in [-0.3, -0.25) is 0 Å². The van der Waals surface area contributed by atoms with Gasteiger partial charge in [-0.2, -0.15) is 0 Å². The minimum absolute atomic E-state index is 0.115. The van der Waals surface area contributed by atoms with Crippen LogP contribution in [0.5, 0.6) is 0 Å². The maximum atomic E-state index is 5.72. The predicted octanol–water partition coefficient (Wildman–Crippen LogP) is 2.12. The zero-order chi connectivity index (χ0) is 10.9. The highest BCUT2D eigenvalue weighted by Gasteiger charge is 2.39. The SMILES string of the molecule is CO[C@@H](c1ccco1)[C@H]1COC(C)(C)O1. The van der Waals surface area contributed by atoms with Gasteiger partial charge < -0.3 is 18.6 Å². The summed E-state index contributed by atoms with van der Waals surface area (Å²) >= 11 is 0. The Balaban J connectivity index is 2.09. The van der Waals surface area contributed by atoms with Crippen LogP contribution in [0.15, 0.2) is 22.8 Å². The molecule has 2 atom stereocenters. The van der Waals surface area contributed by atoms with Crippen molar-refractivity contribution in [2.24, 2.45) is 0 Å². The maximum absolute atomic E-state index is 5.72. The fraction of sp³-hybridized carbons (Fsp3) is 0.636. The Bertz CT molecular complexity index is 304. The standard InChI is InChI=1S/C11H16O4/c1-11(2)14-7-9(15-11)10(12-3)8-5-4-6-13-8/h4-6,9-10H,7H2,1-3H3/t9-,10+/m1/s1. The van der Waals surface area contributed by atoms with Gasteiger partial charge in [-0.15, -0.1) is 0 Å². The second kappa shape index (κ2) is 3.96. The topological polar surface area (TPSA) is 40.8 Å². The third kappa shape index (κ3) is 2.22. The lowest BCUT2D eigenvalue weighted by Crippen LogP contribution is -2.26. The van der Waals surface area contributed by atoms with E-state index in [-0.39, 0.29) is 12.2 Å². The van der Waals surface area contributed by atoms with Gasteiger partial charge in [-0.05, 0) is 26.0 Å². The Morgan fingerprint density at radius 2 is 2.33 bits per heavy atom. The summed E-state index contributed by atoms with van der Waals surface area (Å²) in [5.41, 5.74) is 0. The summed E-state index contributed by atoms with van der Waals surface area (Å²) in [4.78, 5) is 0. The summed E-state index contributed by atoms with van der Waals surface area (Å²) in [7, 11) is 1.64. The number of hydrogen-bond donors (Lipinski definition) is 0.